The third-order valence-corrected chi connectivity index (χ3v) is 5.62. The highest BCUT2D eigenvalue weighted by Crippen LogP contribution is 2.42. The predicted molar refractivity (Wildman–Crippen MR) is 107 cm³/mol. The van der Waals surface area contributed by atoms with Gasteiger partial charge >= 0.3 is 5.97 Å². The van der Waals surface area contributed by atoms with Crippen LogP contribution < -0.4 is 0 Å². The Bertz CT molecular complexity index is 761. The van der Waals surface area contributed by atoms with Gasteiger partial charge in [-0.25, -0.2) is 4.79 Å². The fourth-order valence-electron chi connectivity index (χ4n) is 3.09. The second-order valence-electron chi connectivity index (χ2n) is 8.38. The number of hydrogen-bond acceptors (Lipinski definition) is 4. The summed E-state index contributed by atoms with van der Waals surface area (Å²) in [5.41, 5.74) is 5.29. The first-order valence-corrected chi connectivity index (χ1v) is 9.85. The van der Waals surface area contributed by atoms with E-state index in [-0.39, 0.29) is 11.4 Å². The van der Waals surface area contributed by atoms with E-state index >= 15 is 0 Å². The molecule has 0 aromatic carbocycles. The molecular weight excluding hydrogens is 332 g/mol. The molecule has 0 unspecified atom stereocenters. The summed E-state index contributed by atoms with van der Waals surface area (Å²) in [6.45, 7) is 16.2. The van der Waals surface area contributed by atoms with Crippen LogP contribution in [0.1, 0.15) is 75.3 Å². The lowest BCUT2D eigenvalue weighted by Crippen LogP contribution is -2.24. The number of thioether (sulfide) groups is 1. The van der Waals surface area contributed by atoms with Gasteiger partial charge in [0.1, 0.15) is 11.3 Å². The van der Waals surface area contributed by atoms with Crippen LogP contribution in [0.25, 0.3) is 5.57 Å². The molecule has 1 aliphatic rings. The number of hydrogen-bond donors (Lipinski definition) is 1. The molecule has 0 saturated heterocycles. The molecule has 0 spiro atoms. The molecule has 2 heterocycles. The molecule has 0 fully saturated rings. The van der Waals surface area contributed by atoms with Gasteiger partial charge in [0.05, 0.1) is 5.04 Å². The Kier molecular flexibility index (Phi) is 5.29. The summed E-state index contributed by atoms with van der Waals surface area (Å²) in [4.78, 5) is 20.6. The normalized spacial score (nSPS) is 19.0. The first-order valence-electron chi connectivity index (χ1n) is 8.63. The van der Waals surface area contributed by atoms with Crippen molar-refractivity contribution in [2.75, 3.05) is 6.26 Å². The van der Waals surface area contributed by atoms with E-state index in [2.05, 4.69) is 32.0 Å². The molecule has 0 saturated carbocycles. The summed E-state index contributed by atoms with van der Waals surface area (Å²) in [6, 6.07) is 0. The number of carbonyl (C=O) groups excluding carboxylic acids is 1. The third kappa shape index (κ3) is 4.02. The lowest BCUT2D eigenvalue weighted by atomic mass is 9.90. The van der Waals surface area contributed by atoms with Gasteiger partial charge in [-0.1, -0.05) is 13.8 Å². The molecule has 1 aromatic rings. The fraction of sp³-hybridized carbons (Fsp3) is 0.600. The van der Waals surface area contributed by atoms with Crippen molar-refractivity contribution in [1.82, 2.24) is 4.98 Å². The first kappa shape index (κ1) is 19.8. The third-order valence-electron chi connectivity index (χ3n) is 4.59. The number of carbonyl (C=O) groups is 1. The highest BCUT2D eigenvalue weighted by molar-refractivity contribution is 8.13. The van der Waals surface area contributed by atoms with E-state index in [4.69, 9.17) is 9.73 Å². The molecule has 0 atom stereocenters. The van der Waals surface area contributed by atoms with Gasteiger partial charge in [-0.05, 0) is 64.5 Å². The van der Waals surface area contributed by atoms with Gasteiger partial charge in [0, 0.05) is 23.2 Å². The van der Waals surface area contributed by atoms with Crippen molar-refractivity contribution >= 4 is 28.3 Å². The first-order chi connectivity index (χ1) is 11.4. The molecule has 0 amide bonds. The minimum Gasteiger partial charge on any atom is -0.455 e. The van der Waals surface area contributed by atoms with E-state index < -0.39 is 5.60 Å². The minimum absolute atomic E-state index is 0.0690. The number of nitrogens with zero attached hydrogens (tertiary/aromatic N) is 1. The predicted octanol–water partition coefficient (Wildman–Crippen LogP) is 5.51. The average Bonchev–Trinajstić information content (AvgIpc) is 2.94. The van der Waals surface area contributed by atoms with Crippen LogP contribution in [0.4, 0.5) is 0 Å². The summed E-state index contributed by atoms with van der Waals surface area (Å²) < 4.78 is 5.53. The molecule has 0 aliphatic carbocycles. The number of ether oxygens (including phenoxy) is 1. The largest absolute Gasteiger partial charge is 0.455 e. The summed E-state index contributed by atoms with van der Waals surface area (Å²) in [6.07, 6.45) is 2.98. The van der Waals surface area contributed by atoms with Gasteiger partial charge in [-0.15, -0.1) is 11.8 Å². The molecule has 138 valence electrons. The lowest BCUT2D eigenvalue weighted by molar-refractivity contribution is 0.00627. The number of rotatable bonds is 2. The zero-order valence-electron chi connectivity index (χ0n) is 16.9. The molecule has 1 N–H and O–H groups in total. The Labute approximate surface area is 155 Å². The Morgan fingerprint density at radius 2 is 1.76 bits per heavy atom. The van der Waals surface area contributed by atoms with Crippen LogP contribution in [0.15, 0.2) is 10.7 Å². The summed E-state index contributed by atoms with van der Waals surface area (Å²) in [7, 11) is 0. The maximum absolute atomic E-state index is 12.5. The zero-order chi connectivity index (χ0) is 19.2. The van der Waals surface area contributed by atoms with Crippen LogP contribution in [0.5, 0.6) is 0 Å². The average molecular weight is 363 g/mol. The van der Waals surface area contributed by atoms with Gasteiger partial charge in [-0.3, -0.25) is 4.99 Å². The molecular formula is C20H30N2O2S. The Balaban J connectivity index is 2.45. The van der Waals surface area contributed by atoms with Crippen molar-refractivity contribution in [2.45, 2.75) is 67.4 Å². The SMILES string of the molecule is CSC1=N/C(=C(/C)c2[nH]c(C(=O)OC(C)(C)C)c(C)c2C)CC1(C)C. The van der Waals surface area contributed by atoms with E-state index in [1.165, 1.54) is 0 Å². The van der Waals surface area contributed by atoms with Crippen LogP contribution in [0, 0.1) is 19.3 Å². The molecule has 0 bridgehead atoms. The Morgan fingerprint density at radius 1 is 1.20 bits per heavy atom. The fourth-order valence-corrected chi connectivity index (χ4v) is 3.91. The van der Waals surface area contributed by atoms with E-state index in [9.17, 15) is 4.79 Å². The van der Waals surface area contributed by atoms with Gasteiger partial charge in [-0.2, -0.15) is 0 Å². The van der Waals surface area contributed by atoms with Crippen molar-refractivity contribution in [3.63, 3.8) is 0 Å². The van der Waals surface area contributed by atoms with Gasteiger partial charge in [0.2, 0.25) is 0 Å². The van der Waals surface area contributed by atoms with Crippen LogP contribution in [-0.4, -0.2) is 27.9 Å². The molecule has 1 aromatic heterocycles. The van der Waals surface area contributed by atoms with Crippen molar-refractivity contribution in [2.24, 2.45) is 10.4 Å². The maximum Gasteiger partial charge on any atom is 0.355 e. The summed E-state index contributed by atoms with van der Waals surface area (Å²) in [5.74, 6) is -0.308. The maximum atomic E-state index is 12.5. The van der Waals surface area contributed by atoms with Crippen molar-refractivity contribution in [3.8, 4) is 0 Å². The topological polar surface area (TPSA) is 54.5 Å². The number of H-pyrrole nitrogens is 1. The molecule has 2 rings (SSSR count). The number of allylic oxidation sites excluding steroid dienone is 2. The van der Waals surface area contributed by atoms with E-state index in [0.29, 0.717) is 5.69 Å². The van der Waals surface area contributed by atoms with Gasteiger partial charge in [0.25, 0.3) is 0 Å². The highest BCUT2D eigenvalue weighted by Gasteiger charge is 2.33. The van der Waals surface area contributed by atoms with Gasteiger partial charge in [0.15, 0.2) is 0 Å². The Hall–Kier alpha value is -1.49. The van der Waals surface area contributed by atoms with E-state index in [1.54, 1.807) is 11.8 Å². The zero-order valence-corrected chi connectivity index (χ0v) is 17.7. The second kappa shape index (κ2) is 6.67. The van der Waals surface area contributed by atoms with E-state index in [0.717, 1.165) is 39.6 Å². The smallest absolute Gasteiger partial charge is 0.355 e. The number of esters is 1. The van der Waals surface area contributed by atoms with Crippen LogP contribution in [-0.2, 0) is 4.74 Å². The monoisotopic (exact) mass is 362 g/mol. The molecule has 4 nitrogen and oxygen atoms in total. The minimum atomic E-state index is -0.511. The molecule has 1 aliphatic heterocycles. The van der Waals surface area contributed by atoms with Crippen molar-refractivity contribution in [1.29, 1.82) is 0 Å². The van der Waals surface area contributed by atoms with E-state index in [1.807, 2.05) is 34.6 Å². The van der Waals surface area contributed by atoms with Crippen molar-refractivity contribution in [3.05, 3.63) is 28.2 Å². The Morgan fingerprint density at radius 3 is 2.24 bits per heavy atom. The van der Waals surface area contributed by atoms with Crippen LogP contribution >= 0.6 is 11.8 Å². The molecule has 5 heteroatoms. The van der Waals surface area contributed by atoms with Crippen LogP contribution in [0.2, 0.25) is 0 Å². The number of aliphatic imine (C=N–C) groups is 1. The number of aromatic amines is 1. The lowest BCUT2D eigenvalue weighted by Gasteiger charge is -2.19. The number of aromatic nitrogens is 1. The standard InChI is InChI=1S/C20H30N2O2S/c1-11-12(2)16(17(23)24-19(4,5)6)22-15(11)13(3)14-10-20(7,8)18(21-14)25-9/h22H,10H2,1-9H3/b14-13-. The highest BCUT2D eigenvalue weighted by atomic mass is 32.2. The quantitative estimate of drug-likeness (QED) is 0.706. The van der Waals surface area contributed by atoms with Gasteiger partial charge < -0.3 is 9.72 Å². The second-order valence-corrected chi connectivity index (χ2v) is 9.18. The molecule has 0 radical (unpaired) electrons. The van der Waals surface area contributed by atoms with Crippen molar-refractivity contribution < 1.29 is 9.53 Å². The molecule has 25 heavy (non-hydrogen) atoms. The summed E-state index contributed by atoms with van der Waals surface area (Å²) >= 11 is 1.71. The number of nitrogens with one attached hydrogen (secondary N) is 1. The summed E-state index contributed by atoms with van der Waals surface area (Å²) in [5, 5.41) is 1.16. The van der Waals surface area contributed by atoms with Crippen LogP contribution in [0.3, 0.4) is 0 Å².